The first kappa shape index (κ1) is 12.0. The van der Waals surface area contributed by atoms with Crippen LogP contribution in [-0.2, 0) is 0 Å². The van der Waals surface area contributed by atoms with Crippen LogP contribution in [0.1, 0.15) is 12.5 Å². The molecule has 13 heavy (non-hydrogen) atoms. The van der Waals surface area contributed by atoms with Crippen molar-refractivity contribution in [3.05, 3.63) is 35.9 Å². The highest BCUT2D eigenvalue weighted by molar-refractivity contribution is 5.98. The van der Waals surface area contributed by atoms with Crippen LogP contribution in [-0.4, -0.2) is 19.4 Å². The fourth-order valence-corrected chi connectivity index (χ4v) is 1.07. The molecule has 1 rings (SSSR count). The van der Waals surface area contributed by atoms with E-state index in [4.69, 9.17) is 0 Å². The molecule has 0 aliphatic heterocycles. The van der Waals surface area contributed by atoms with E-state index in [1.54, 1.807) is 7.05 Å². The molecule has 0 unspecified atom stereocenters. The quantitative estimate of drug-likeness (QED) is 0.571. The van der Waals surface area contributed by atoms with Crippen molar-refractivity contribution in [3.63, 3.8) is 0 Å². The molecule has 0 saturated heterocycles. The number of hydrogen-bond acceptors (Lipinski definition) is 1. The predicted molar refractivity (Wildman–Crippen MR) is 59.8 cm³/mol. The minimum Gasteiger partial charge on any atom is -0.370 e. The summed E-state index contributed by atoms with van der Waals surface area (Å²) < 4.78 is 0. The van der Waals surface area contributed by atoms with Gasteiger partial charge in [0.1, 0.15) is 5.84 Å². The van der Waals surface area contributed by atoms with Crippen molar-refractivity contribution in [1.29, 1.82) is 0 Å². The van der Waals surface area contributed by atoms with Gasteiger partial charge in [0.05, 0.1) is 0 Å². The van der Waals surface area contributed by atoms with Crippen molar-refractivity contribution < 1.29 is 0 Å². The zero-order chi connectivity index (χ0) is 8.81. The number of hydrogen-bond donors (Lipinski definition) is 1. The Morgan fingerprint density at radius 2 is 1.92 bits per heavy atom. The van der Waals surface area contributed by atoms with E-state index in [9.17, 15) is 0 Å². The first-order valence-electron chi connectivity index (χ1n) is 4.14. The highest BCUT2D eigenvalue weighted by atomic mass is 35.5. The van der Waals surface area contributed by atoms with E-state index in [1.807, 2.05) is 30.3 Å². The van der Waals surface area contributed by atoms with E-state index < -0.39 is 0 Å². The predicted octanol–water partition coefficient (Wildman–Crippen LogP) is 2.09. The fraction of sp³-hybridized carbons (Fsp3) is 0.300. The summed E-state index contributed by atoms with van der Waals surface area (Å²) >= 11 is 0. The molecule has 0 aliphatic carbocycles. The number of nitrogens with one attached hydrogen (secondary N) is 1. The highest BCUT2D eigenvalue weighted by Crippen LogP contribution is 1.98. The molecule has 0 atom stereocenters. The lowest BCUT2D eigenvalue weighted by atomic mass is 10.2. The number of amidine groups is 1. The van der Waals surface area contributed by atoms with Crippen LogP contribution in [0, 0.1) is 0 Å². The van der Waals surface area contributed by atoms with Gasteiger partial charge >= 0.3 is 0 Å². The molecule has 72 valence electrons. The van der Waals surface area contributed by atoms with Gasteiger partial charge in [-0.25, -0.2) is 0 Å². The SMILES string of the molecule is CCNC(=NC)c1ccccc1.Cl. The van der Waals surface area contributed by atoms with Gasteiger partial charge in [-0.1, -0.05) is 30.3 Å². The lowest BCUT2D eigenvalue weighted by Gasteiger charge is -2.05. The van der Waals surface area contributed by atoms with Gasteiger partial charge in [-0.3, -0.25) is 4.99 Å². The molecule has 1 aromatic rings. The zero-order valence-electron chi connectivity index (χ0n) is 7.95. The van der Waals surface area contributed by atoms with Gasteiger partial charge in [0.25, 0.3) is 0 Å². The summed E-state index contributed by atoms with van der Waals surface area (Å²) in [4.78, 5) is 4.15. The van der Waals surface area contributed by atoms with Gasteiger partial charge in [-0.05, 0) is 6.92 Å². The topological polar surface area (TPSA) is 24.4 Å². The molecule has 0 spiro atoms. The van der Waals surface area contributed by atoms with Crippen LogP contribution in [0.2, 0.25) is 0 Å². The number of aliphatic imine (C=N–C) groups is 1. The molecule has 0 amide bonds. The van der Waals surface area contributed by atoms with Crippen LogP contribution in [0.3, 0.4) is 0 Å². The molecule has 0 saturated carbocycles. The maximum atomic E-state index is 4.15. The van der Waals surface area contributed by atoms with Gasteiger partial charge < -0.3 is 5.32 Å². The third kappa shape index (κ3) is 3.47. The van der Waals surface area contributed by atoms with Gasteiger partial charge in [0, 0.05) is 19.2 Å². The van der Waals surface area contributed by atoms with Crippen LogP contribution in [0.5, 0.6) is 0 Å². The molecule has 0 bridgehead atoms. The number of rotatable bonds is 2. The monoisotopic (exact) mass is 198 g/mol. The van der Waals surface area contributed by atoms with Gasteiger partial charge in [-0.15, -0.1) is 12.4 Å². The normalized spacial score (nSPS) is 10.5. The fourth-order valence-electron chi connectivity index (χ4n) is 1.07. The Bertz CT molecular complexity index is 257. The molecule has 0 aromatic heterocycles. The Morgan fingerprint density at radius 1 is 1.31 bits per heavy atom. The Balaban J connectivity index is 0.00000144. The van der Waals surface area contributed by atoms with Crippen molar-refractivity contribution in [2.75, 3.05) is 13.6 Å². The average Bonchev–Trinajstić information content (AvgIpc) is 2.15. The van der Waals surface area contributed by atoms with Crippen molar-refractivity contribution in [3.8, 4) is 0 Å². The molecule has 2 nitrogen and oxygen atoms in total. The van der Waals surface area contributed by atoms with E-state index in [0.29, 0.717) is 0 Å². The standard InChI is InChI=1S/C10H14N2.ClH/c1-3-12-10(11-2)9-7-5-4-6-8-9;/h4-8H,3H2,1-2H3,(H,11,12);1H. The molecule has 0 fully saturated rings. The van der Waals surface area contributed by atoms with Crippen molar-refractivity contribution in [2.45, 2.75) is 6.92 Å². The molecular weight excluding hydrogens is 184 g/mol. The van der Waals surface area contributed by atoms with Crippen molar-refractivity contribution in [1.82, 2.24) is 5.32 Å². The molecule has 0 aliphatic rings. The molecular formula is C10H15ClN2. The lowest BCUT2D eigenvalue weighted by molar-refractivity contribution is 0.962. The number of nitrogens with zero attached hydrogens (tertiary/aromatic N) is 1. The smallest absolute Gasteiger partial charge is 0.127 e. The number of halogens is 1. The summed E-state index contributed by atoms with van der Waals surface area (Å²) in [6.07, 6.45) is 0. The Hall–Kier alpha value is -1.02. The van der Waals surface area contributed by atoms with E-state index in [0.717, 1.165) is 17.9 Å². The van der Waals surface area contributed by atoms with Crippen LogP contribution in [0.15, 0.2) is 35.3 Å². The molecule has 0 radical (unpaired) electrons. The lowest BCUT2D eigenvalue weighted by Crippen LogP contribution is -2.23. The minimum absolute atomic E-state index is 0. The first-order valence-corrected chi connectivity index (χ1v) is 4.14. The Labute approximate surface area is 85.5 Å². The van der Waals surface area contributed by atoms with Gasteiger partial charge in [-0.2, -0.15) is 0 Å². The summed E-state index contributed by atoms with van der Waals surface area (Å²) in [5.74, 6) is 0.957. The Kier molecular flexibility index (Phi) is 5.98. The third-order valence-electron chi connectivity index (χ3n) is 1.62. The first-order chi connectivity index (χ1) is 5.88. The molecule has 1 N–H and O–H groups in total. The molecule has 0 heterocycles. The van der Waals surface area contributed by atoms with Crippen LogP contribution < -0.4 is 5.32 Å². The van der Waals surface area contributed by atoms with Crippen LogP contribution >= 0.6 is 12.4 Å². The third-order valence-corrected chi connectivity index (χ3v) is 1.62. The molecule has 1 aromatic carbocycles. The van der Waals surface area contributed by atoms with E-state index >= 15 is 0 Å². The second kappa shape index (κ2) is 6.49. The van der Waals surface area contributed by atoms with Gasteiger partial charge in [0.2, 0.25) is 0 Å². The second-order valence-corrected chi connectivity index (χ2v) is 2.47. The second-order valence-electron chi connectivity index (χ2n) is 2.47. The summed E-state index contributed by atoms with van der Waals surface area (Å²) in [7, 11) is 1.80. The van der Waals surface area contributed by atoms with Crippen LogP contribution in [0.25, 0.3) is 0 Å². The summed E-state index contributed by atoms with van der Waals surface area (Å²) in [5, 5.41) is 3.20. The van der Waals surface area contributed by atoms with Crippen molar-refractivity contribution >= 4 is 18.2 Å². The largest absolute Gasteiger partial charge is 0.370 e. The minimum atomic E-state index is 0. The summed E-state index contributed by atoms with van der Waals surface area (Å²) in [5.41, 5.74) is 1.14. The van der Waals surface area contributed by atoms with E-state index in [-0.39, 0.29) is 12.4 Å². The van der Waals surface area contributed by atoms with E-state index in [2.05, 4.69) is 17.2 Å². The van der Waals surface area contributed by atoms with Gasteiger partial charge in [0.15, 0.2) is 0 Å². The van der Waals surface area contributed by atoms with Crippen LogP contribution in [0.4, 0.5) is 0 Å². The van der Waals surface area contributed by atoms with Crippen molar-refractivity contribution in [2.24, 2.45) is 4.99 Å². The average molecular weight is 199 g/mol. The maximum absolute atomic E-state index is 4.15. The Morgan fingerprint density at radius 3 is 2.38 bits per heavy atom. The molecule has 3 heteroatoms. The highest BCUT2D eigenvalue weighted by Gasteiger charge is 1.97. The summed E-state index contributed by atoms with van der Waals surface area (Å²) in [6.45, 7) is 2.97. The maximum Gasteiger partial charge on any atom is 0.127 e. The summed E-state index contributed by atoms with van der Waals surface area (Å²) in [6, 6.07) is 10.1. The van der Waals surface area contributed by atoms with E-state index in [1.165, 1.54) is 0 Å². The number of benzene rings is 1. The zero-order valence-corrected chi connectivity index (χ0v) is 8.77.